The number of aromatic nitrogens is 1. The average Bonchev–Trinajstić information content (AvgIpc) is 3.42. The molecule has 8 nitrogen and oxygen atoms in total. The van der Waals surface area contributed by atoms with Crippen molar-refractivity contribution in [3.8, 4) is 22.3 Å². The lowest BCUT2D eigenvalue weighted by Crippen LogP contribution is -2.18. The van der Waals surface area contributed by atoms with Gasteiger partial charge >= 0.3 is 17.9 Å². The Bertz CT molecular complexity index is 1410. The van der Waals surface area contributed by atoms with Gasteiger partial charge in [-0.15, -0.1) is 0 Å². The Morgan fingerprint density at radius 1 is 0.854 bits per heavy atom. The normalized spacial score (nSPS) is 13.7. The maximum absolute atomic E-state index is 13.1. The second-order valence-corrected chi connectivity index (χ2v) is 10.9. The molecule has 0 aliphatic carbocycles. The van der Waals surface area contributed by atoms with E-state index in [-0.39, 0.29) is 44.2 Å². The zero-order valence-corrected chi connectivity index (χ0v) is 24.2. The molecule has 3 aromatic rings. The molecule has 0 saturated heterocycles. The van der Waals surface area contributed by atoms with Crippen LogP contribution < -0.4 is 0 Å². The van der Waals surface area contributed by atoms with Crippen molar-refractivity contribution in [2.75, 3.05) is 33.5 Å². The third-order valence-electron chi connectivity index (χ3n) is 6.74. The molecular formula is C32H34ClNO7. The number of nitrogens with zero attached hydrogens (tertiary/aromatic N) is 1. The molecule has 41 heavy (non-hydrogen) atoms. The smallest absolute Gasteiger partial charge is 0.331 e. The fraction of sp³-hybridized carbons (Fsp3) is 0.344. The highest BCUT2D eigenvalue weighted by Gasteiger charge is 2.36. The second kappa shape index (κ2) is 13.7. The molecule has 9 heteroatoms. The van der Waals surface area contributed by atoms with Gasteiger partial charge in [0.2, 0.25) is 0 Å². The first kappa shape index (κ1) is 30.1. The number of rotatable bonds is 12. The first-order valence-electron chi connectivity index (χ1n) is 13.4. The minimum atomic E-state index is -0.681. The maximum atomic E-state index is 13.1. The molecule has 1 aliphatic heterocycles. The van der Waals surface area contributed by atoms with Crippen LogP contribution in [0.4, 0.5) is 0 Å². The van der Waals surface area contributed by atoms with Crippen LogP contribution in [0.1, 0.15) is 25.2 Å². The summed E-state index contributed by atoms with van der Waals surface area (Å²) in [6, 6.07) is 18.0. The van der Waals surface area contributed by atoms with E-state index in [1.807, 2.05) is 42.5 Å². The fourth-order valence-electron chi connectivity index (χ4n) is 5.02. The molecule has 0 unspecified atom stereocenters. The van der Waals surface area contributed by atoms with Crippen molar-refractivity contribution >= 4 is 29.5 Å². The minimum Gasteiger partial charge on any atom is -0.466 e. The third-order valence-corrected chi connectivity index (χ3v) is 6.99. The second-order valence-electron chi connectivity index (χ2n) is 10.5. The summed E-state index contributed by atoms with van der Waals surface area (Å²) in [6.45, 7) is 5.62. The summed E-state index contributed by atoms with van der Waals surface area (Å²) in [4.78, 5) is 35.6. The van der Waals surface area contributed by atoms with Crippen LogP contribution in [0.25, 0.3) is 22.3 Å². The molecule has 0 saturated carbocycles. The van der Waals surface area contributed by atoms with Crippen molar-refractivity contribution in [2.24, 2.45) is 5.41 Å². The van der Waals surface area contributed by atoms with Gasteiger partial charge in [0.15, 0.2) is 0 Å². The lowest BCUT2D eigenvalue weighted by Gasteiger charge is -2.19. The average molecular weight is 580 g/mol. The van der Waals surface area contributed by atoms with Crippen LogP contribution in [0.5, 0.6) is 0 Å². The van der Waals surface area contributed by atoms with Crippen molar-refractivity contribution < 1.29 is 33.3 Å². The first-order chi connectivity index (χ1) is 19.7. The topological polar surface area (TPSA) is 93.1 Å². The first-order valence-corrected chi connectivity index (χ1v) is 13.8. The van der Waals surface area contributed by atoms with E-state index in [1.54, 1.807) is 0 Å². The van der Waals surface area contributed by atoms with Crippen molar-refractivity contribution in [3.05, 3.63) is 83.2 Å². The van der Waals surface area contributed by atoms with Gasteiger partial charge in [-0.05, 0) is 35.1 Å². The summed E-state index contributed by atoms with van der Waals surface area (Å²) in [5, 5.41) is 0.649. The van der Waals surface area contributed by atoms with Gasteiger partial charge in [0.05, 0.1) is 26.7 Å². The predicted molar refractivity (Wildman–Crippen MR) is 155 cm³/mol. The zero-order chi connectivity index (χ0) is 29.4. The Hall–Kier alpha value is -3.88. The monoisotopic (exact) mass is 579 g/mol. The third kappa shape index (κ3) is 7.86. The van der Waals surface area contributed by atoms with E-state index < -0.39 is 11.9 Å². The van der Waals surface area contributed by atoms with Crippen LogP contribution in [-0.4, -0.2) is 56.0 Å². The molecule has 1 aliphatic rings. The van der Waals surface area contributed by atoms with Crippen molar-refractivity contribution in [1.29, 1.82) is 0 Å². The number of esters is 3. The van der Waals surface area contributed by atoms with Crippen LogP contribution in [0, 0.1) is 5.41 Å². The molecule has 4 rings (SSSR count). The van der Waals surface area contributed by atoms with Gasteiger partial charge in [-0.25, -0.2) is 9.59 Å². The summed E-state index contributed by atoms with van der Waals surface area (Å²) >= 11 is 6.21. The van der Waals surface area contributed by atoms with E-state index in [9.17, 15) is 14.4 Å². The van der Waals surface area contributed by atoms with Gasteiger partial charge < -0.3 is 23.5 Å². The summed E-state index contributed by atoms with van der Waals surface area (Å²) in [5.41, 5.74) is 6.46. The highest BCUT2D eigenvalue weighted by atomic mass is 35.5. The van der Waals surface area contributed by atoms with Crippen LogP contribution in [0.2, 0.25) is 5.02 Å². The van der Waals surface area contributed by atoms with E-state index in [2.05, 4.69) is 35.3 Å². The lowest BCUT2D eigenvalue weighted by atomic mass is 9.86. The van der Waals surface area contributed by atoms with Gasteiger partial charge in [0.1, 0.15) is 13.2 Å². The SMILES string of the molecule is COC(=O)/C=C/C(=O)OCCOCCOC(=O)Cc1c(-c2ccc(Cl)cc2)c(-c2ccccc2)c2n1CC(C)(C)C2. The summed E-state index contributed by atoms with van der Waals surface area (Å²) in [7, 11) is 1.21. The van der Waals surface area contributed by atoms with E-state index in [0.29, 0.717) is 5.02 Å². The molecule has 0 N–H and O–H groups in total. The van der Waals surface area contributed by atoms with Crippen LogP contribution in [0.15, 0.2) is 66.7 Å². The minimum absolute atomic E-state index is 0.00289. The van der Waals surface area contributed by atoms with Gasteiger partial charge in [-0.3, -0.25) is 4.79 Å². The number of benzene rings is 2. The molecular weight excluding hydrogens is 546 g/mol. The fourth-order valence-corrected chi connectivity index (χ4v) is 5.14. The van der Waals surface area contributed by atoms with E-state index >= 15 is 0 Å². The number of fused-ring (bicyclic) bond motifs is 1. The van der Waals surface area contributed by atoms with Crippen molar-refractivity contribution in [1.82, 2.24) is 4.57 Å². The number of ether oxygens (including phenoxy) is 4. The maximum Gasteiger partial charge on any atom is 0.331 e. The van der Waals surface area contributed by atoms with Gasteiger partial charge in [-0.1, -0.05) is 67.9 Å². The number of hydrogen-bond acceptors (Lipinski definition) is 7. The van der Waals surface area contributed by atoms with Gasteiger partial charge in [0.25, 0.3) is 0 Å². The largest absolute Gasteiger partial charge is 0.466 e. The molecule has 0 amide bonds. The number of carbonyl (C=O) groups excluding carboxylic acids is 3. The summed E-state index contributed by atoms with van der Waals surface area (Å²) in [6.07, 6.45) is 2.96. The Labute approximate surface area is 244 Å². The molecule has 1 aromatic heterocycles. The van der Waals surface area contributed by atoms with Gasteiger partial charge in [0, 0.05) is 46.2 Å². The molecule has 0 atom stereocenters. The standard InChI is InChI=1S/C32H34ClNO7/c1-32(2)20-26-31(22-7-5-4-6-8-22)30(23-9-11-24(33)12-10-23)25(34(26)21-32)19-29(37)41-18-16-39-15-17-40-28(36)14-13-27(35)38-3/h4-14H,15-21H2,1-3H3/b14-13+. The predicted octanol–water partition coefficient (Wildman–Crippen LogP) is 5.43. The Kier molecular flexibility index (Phi) is 10.0. The molecule has 216 valence electrons. The van der Waals surface area contributed by atoms with Crippen LogP contribution in [-0.2, 0) is 52.7 Å². The van der Waals surface area contributed by atoms with Gasteiger partial charge in [-0.2, -0.15) is 0 Å². The lowest BCUT2D eigenvalue weighted by molar-refractivity contribution is -0.145. The van der Waals surface area contributed by atoms with Crippen LogP contribution in [0.3, 0.4) is 0 Å². The van der Waals surface area contributed by atoms with E-state index in [1.165, 1.54) is 12.8 Å². The number of halogens is 1. The molecule has 2 aromatic carbocycles. The van der Waals surface area contributed by atoms with Crippen molar-refractivity contribution in [3.63, 3.8) is 0 Å². The molecule has 0 radical (unpaired) electrons. The Morgan fingerprint density at radius 2 is 1.49 bits per heavy atom. The molecule has 0 spiro atoms. The Morgan fingerprint density at radius 3 is 2.17 bits per heavy atom. The number of hydrogen-bond donors (Lipinski definition) is 0. The van der Waals surface area contributed by atoms with Crippen molar-refractivity contribution in [2.45, 2.75) is 33.2 Å². The quantitative estimate of drug-likeness (QED) is 0.122. The molecule has 2 heterocycles. The molecule has 0 bridgehead atoms. The highest BCUT2D eigenvalue weighted by Crippen LogP contribution is 2.47. The Balaban J connectivity index is 1.43. The highest BCUT2D eigenvalue weighted by molar-refractivity contribution is 6.30. The zero-order valence-electron chi connectivity index (χ0n) is 23.5. The van der Waals surface area contributed by atoms with E-state index in [0.717, 1.165) is 53.1 Å². The van der Waals surface area contributed by atoms with E-state index in [4.69, 9.17) is 25.8 Å². The number of methoxy groups -OCH3 is 1. The van der Waals surface area contributed by atoms with Crippen LogP contribution >= 0.6 is 11.6 Å². The number of carbonyl (C=O) groups is 3. The summed E-state index contributed by atoms with van der Waals surface area (Å²) in [5.74, 6) is -1.68. The molecule has 0 fully saturated rings. The summed E-state index contributed by atoms with van der Waals surface area (Å²) < 4.78 is 22.5.